The Morgan fingerprint density at radius 1 is 1.12 bits per heavy atom. The number of nitrogens with one attached hydrogen (secondary N) is 2. The van der Waals surface area contributed by atoms with E-state index < -0.39 is 5.63 Å². The lowest BCUT2D eigenvalue weighted by molar-refractivity contribution is -0.114. The third-order valence-corrected chi connectivity index (χ3v) is 4.20. The van der Waals surface area contributed by atoms with Gasteiger partial charge in [0.25, 0.3) is 0 Å². The summed E-state index contributed by atoms with van der Waals surface area (Å²) in [7, 11) is 0. The molecule has 0 fully saturated rings. The van der Waals surface area contributed by atoms with Crippen molar-refractivity contribution in [3.8, 4) is 0 Å². The molecule has 1 heterocycles. The van der Waals surface area contributed by atoms with Gasteiger partial charge in [0.2, 0.25) is 5.91 Å². The molecule has 0 saturated heterocycles. The number of carbonyl (C=O) groups excluding carboxylic acids is 1. The van der Waals surface area contributed by atoms with E-state index in [9.17, 15) is 9.59 Å². The first kappa shape index (κ1) is 17.0. The summed E-state index contributed by atoms with van der Waals surface area (Å²) in [4.78, 5) is 22.8. The van der Waals surface area contributed by atoms with Crippen molar-refractivity contribution in [2.45, 2.75) is 20.4 Å². The van der Waals surface area contributed by atoms with Crippen LogP contribution in [-0.4, -0.2) is 5.91 Å². The zero-order valence-corrected chi connectivity index (χ0v) is 14.6. The van der Waals surface area contributed by atoms with Crippen LogP contribution in [0.25, 0.3) is 11.0 Å². The van der Waals surface area contributed by atoms with E-state index in [1.807, 2.05) is 25.1 Å². The molecule has 0 radical (unpaired) electrons. The Balaban J connectivity index is 1.84. The Kier molecular flexibility index (Phi) is 4.76. The Labute approximate surface area is 149 Å². The molecular formula is C19H17ClN2O3. The van der Waals surface area contributed by atoms with Crippen LogP contribution in [0.15, 0.2) is 51.7 Å². The van der Waals surface area contributed by atoms with E-state index >= 15 is 0 Å². The molecule has 0 spiro atoms. The third kappa shape index (κ3) is 4.00. The van der Waals surface area contributed by atoms with Crippen LogP contribution >= 0.6 is 11.6 Å². The molecule has 1 aromatic heterocycles. The first-order valence-electron chi connectivity index (χ1n) is 7.77. The van der Waals surface area contributed by atoms with Gasteiger partial charge in [-0.2, -0.15) is 0 Å². The maximum absolute atomic E-state index is 11.8. The number of fused-ring (bicyclic) bond motifs is 1. The molecule has 1 amide bonds. The lowest BCUT2D eigenvalue weighted by Gasteiger charge is -2.10. The van der Waals surface area contributed by atoms with Gasteiger partial charge in [0, 0.05) is 41.3 Å². The summed E-state index contributed by atoms with van der Waals surface area (Å²) < 4.78 is 5.26. The van der Waals surface area contributed by atoms with Crippen LogP contribution < -0.4 is 16.3 Å². The second kappa shape index (κ2) is 6.99. The van der Waals surface area contributed by atoms with Crippen molar-refractivity contribution in [3.63, 3.8) is 0 Å². The number of carbonyl (C=O) groups is 1. The van der Waals surface area contributed by atoms with Crippen LogP contribution in [-0.2, 0) is 11.3 Å². The van der Waals surface area contributed by atoms with Gasteiger partial charge in [-0.25, -0.2) is 4.79 Å². The van der Waals surface area contributed by atoms with Crippen molar-refractivity contribution in [2.24, 2.45) is 0 Å². The minimum Gasteiger partial charge on any atom is -0.423 e. The Hall–Kier alpha value is -2.79. The second-order valence-corrected chi connectivity index (χ2v) is 6.21. The first-order valence-corrected chi connectivity index (χ1v) is 8.14. The highest BCUT2D eigenvalue weighted by atomic mass is 35.5. The molecule has 0 unspecified atom stereocenters. The Morgan fingerprint density at radius 3 is 2.48 bits per heavy atom. The van der Waals surface area contributed by atoms with Gasteiger partial charge >= 0.3 is 5.63 Å². The van der Waals surface area contributed by atoms with Crippen molar-refractivity contribution in [1.82, 2.24) is 0 Å². The largest absolute Gasteiger partial charge is 0.423 e. The standard InChI is InChI=1S/C19H17ClN2O3/c1-11-7-18-16(9-17(11)20)13(8-19(24)25-18)10-21-14-3-5-15(6-4-14)22-12(2)23/h3-9,21H,10H2,1-2H3,(H,22,23). The van der Waals surface area contributed by atoms with Crippen molar-refractivity contribution >= 4 is 39.9 Å². The van der Waals surface area contributed by atoms with E-state index in [0.29, 0.717) is 17.2 Å². The van der Waals surface area contributed by atoms with Gasteiger partial charge in [-0.3, -0.25) is 4.79 Å². The minimum atomic E-state index is -0.396. The SMILES string of the molecule is CC(=O)Nc1ccc(NCc2cc(=O)oc3cc(C)c(Cl)cc23)cc1. The zero-order valence-electron chi connectivity index (χ0n) is 13.9. The molecule has 6 heteroatoms. The van der Waals surface area contributed by atoms with Crippen LogP contribution in [0.4, 0.5) is 11.4 Å². The highest BCUT2D eigenvalue weighted by molar-refractivity contribution is 6.32. The highest BCUT2D eigenvalue weighted by Gasteiger charge is 2.08. The average molecular weight is 357 g/mol. The van der Waals surface area contributed by atoms with Gasteiger partial charge in [0.05, 0.1) is 0 Å². The number of rotatable bonds is 4. The number of benzene rings is 2. The molecule has 0 aliphatic heterocycles. The fourth-order valence-electron chi connectivity index (χ4n) is 2.57. The second-order valence-electron chi connectivity index (χ2n) is 5.80. The van der Waals surface area contributed by atoms with Gasteiger partial charge in [-0.05, 0) is 54.4 Å². The zero-order chi connectivity index (χ0) is 18.0. The maximum Gasteiger partial charge on any atom is 0.336 e. The average Bonchev–Trinajstić information content (AvgIpc) is 2.55. The van der Waals surface area contributed by atoms with Gasteiger partial charge in [-0.15, -0.1) is 0 Å². The van der Waals surface area contributed by atoms with Crippen molar-refractivity contribution in [3.05, 3.63) is 69.0 Å². The number of amides is 1. The Bertz CT molecular complexity index is 994. The third-order valence-electron chi connectivity index (χ3n) is 3.80. The first-order chi connectivity index (χ1) is 11.9. The van der Waals surface area contributed by atoms with Crippen LogP contribution in [0, 0.1) is 6.92 Å². The molecule has 3 rings (SSSR count). The van der Waals surface area contributed by atoms with Crippen molar-refractivity contribution in [2.75, 3.05) is 10.6 Å². The fourth-order valence-corrected chi connectivity index (χ4v) is 2.73. The summed E-state index contributed by atoms with van der Waals surface area (Å²) in [6.07, 6.45) is 0. The summed E-state index contributed by atoms with van der Waals surface area (Å²) in [5, 5.41) is 7.40. The molecule has 0 aliphatic rings. The number of anilines is 2. The van der Waals surface area contributed by atoms with E-state index in [2.05, 4.69) is 10.6 Å². The van der Waals surface area contributed by atoms with Crippen LogP contribution in [0.1, 0.15) is 18.1 Å². The van der Waals surface area contributed by atoms with Crippen molar-refractivity contribution in [1.29, 1.82) is 0 Å². The summed E-state index contributed by atoms with van der Waals surface area (Å²) in [6.45, 7) is 3.77. The van der Waals surface area contributed by atoms with E-state index in [1.165, 1.54) is 13.0 Å². The molecule has 0 saturated carbocycles. The molecule has 3 aromatic rings. The van der Waals surface area contributed by atoms with Crippen molar-refractivity contribution < 1.29 is 9.21 Å². The molecule has 128 valence electrons. The highest BCUT2D eigenvalue weighted by Crippen LogP contribution is 2.25. The minimum absolute atomic E-state index is 0.115. The normalized spacial score (nSPS) is 10.7. The van der Waals surface area contributed by atoms with E-state index in [4.69, 9.17) is 16.0 Å². The number of hydrogen-bond donors (Lipinski definition) is 2. The lowest BCUT2D eigenvalue weighted by Crippen LogP contribution is -2.07. The predicted octanol–water partition coefficient (Wildman–Crippen LogP) is 4.33. The molecule has 0 atom stereocenters. The molecule has 2 N–H and O–H groups in total. The smallest absolute Gasteiger partial charge is 0.336 e. The Morgan fingerprint density at radius 2 is 1.80 bits per heavy atom. The fraction of sp³-hybridized carbons (Fsp3) is 0.158. The van der Waals surface area contributed by atoms with Gasteiger partial charge < -0.3 is 15.1 Å². The summed E-state index contributed by atoms with van der Waals surface area (Å²) in [5.74, 6) is -0.115. The topological polar surface area (TPSA) is 71.3 Å². The van der Waals surface area contributed by atoms with E-state index in [0.717, 1.165) is 27.9 Å². The molecule has 0 bridgehead atoms. The number of halogens is 1. The maximum atomic E-state index is 11.8. The van der Waals surface area contributed by atoms with Crippen LogP contribution in [0.5, 0.6) is 0 Å². The van der Waals surface area contributed by atoms with Gasteiger partial charge in [-0.1, -0.05) is 11.6 Å². The van der Waals surface area contributed by atoms with Gasteiger partial charge in [0.1, 0.15) is 5.58 Å². The quantitative estimate of drug-likeness (QED) is 0.683. The molecule has 2 aromatic carbocycles. The summed E-state index contributed by atoms with van der Waals surface area (Å²) in [5.41, 5.74) is 3.38. The summed E-state index contributed by atoms with van der Waals surface area (Å²) in [6, 6.07) is 12.4. The monoisotopic (exact) mass is 356 g/mol. The number of aryl methyl sites for hydroxylation is 1. The van der Waals surface area contributed by atoms with E-state index in [-0.39, 0.29) is 5.91 Å². The van der Waals surface area contributed by atoms with Crippen LogP contribution in [0.3, 0.4) is 0 Å². The summed E-state index contributed by atoms with van der Waals surface area (Å²) >= 11 is 6.20. The van der Waals surface area contributed by atoms with Gasteiger partial charge in [0.15, 0.2) is 0 Å². The van der Waals surface area contributed by atoms with E-state index in [1.54, 1.807) is 18.2 Å². The lowest BCUT2D eigenvalue weighted by atomic mass is 10.1. The predicted molar refractivity (Wildman–Crippen MR) is 100 cm³/mol. The molecule has 25 heavy (non-hydrogen) atoms. The molecule has 0 aliphatic carbocycles. The van der Waals surface area contributed by atoms with Crippen LogP contribution in [0.2, 0.25) is 5.02 Å². The number of hydrogen-bond acceptors (Lipinski definition) is 4. The molecule has 5 nitrogen and oxygen atoms in total. The molecular weight excluding hydrogens is 340 g/mol.